The lowest BCUT2D eigenvalue weighted by Gasteiger charge is -2.10. The molecule has 0 aliphatic carbocycles. The van der Waals surface area contributed by atoms with Gasteiger partial charge in [-0.25, -0.2) is 4.68 Å². The van der Waals surface area contributed by atoms with E-state index in [-0.39, 0.29) is 6.04 Å². The molecule has 1 heterocycles. The highest BCUT2D eigenvalue weighted by atomic mass is 15.3. The van der Waals surface area contributed by atoms with Crippen molar-refractivity contribution in [1.82, 2.24) is 9.78 Å². The molecule has 14 heavy (non-hydrogen) atoms. The van der Waals surface area contributed by atoms with Crippen molar-refractivity contribution in [2.75, 3.05) is 5.73 Å². The topological polar surface area (TPSA) is 67.6 Å². The number of hydrogen-bond acceptors (Lipinski definition) is 3. The Balaban J connectivity index is 3.22. The van der Waals surface area contributed by atoms with Crippen LogP contribution >= 0.6 is 0 Å². The highest BCUT2D eigenvalue weighted by Gasteiger charge is 2.16. The molecule has 1 rings (SSSR count). The van der Waals surface area contributed by atoms with Crippen molar-refractivity contribution in [2.45, 2.75) is 39.7 Å². The van der Waals surface area contributed by atoms with Crippen molar-refractivity contribution in [2.24, 2.45) is 0 Å². The predicted octanol–water partition coefficient (Wildman–Crippen LogP) is 1.87. The van der Waals surface area contributed by atoms with Crippen LogP contribution in [0, 0.1) is 11.3 Å². The Hall–Kier alpha value is -1.50. The van der Waals surface area contributed by atoms with Gasteiger partial charge < -0.3 is 5.73 Å². The molecule has 0 aliphatic rings. The first kappa shape index (κ1) is 10.6. The molecule has 0 aromatic carbocycles. The van der Waals surface area contributed by atoms with Crippen LogP contribution in [-0.2, 0) is 6.42 Å². The summed E-state index contributed by atoms with van der Waals surface area (Å²) in [6.07, 6.45) is 1.70. The smallest absolute Gasteiger partial charge is 0.140 e. The Morgan fingerprint density at radius 1 is 1.57 bits per heavy atom. The Kier molecular flexibility index (Phi) is 3.13. The van der Waals surface area contributed by atoms with Crippen LogP contribution < -0.4 is 5.73 Å². The van der Waals surface area contributed by atoms with Crippen LogP contribution in [0.5, 0.6) is 0 Å². The van der Waals surface area contributed by atoms with Gasteiger partial charge in [0.15, 0.2) is 0 Å². The van der Waals surface area contributed by atoms with E-state index in [1.165, 1.54) is 0 Å². The summed E-state index contributed by atoms with van der Waals surface area (Å²) in [6, 6.07) is 2.36. The van der Waals surface area contributed by atoms with Gasteiger partial charge in [-0.2, -0.15) is 10.4 Å². The molecule has 1 atom stereocenters. The maximum atomic E-state index is 8.91. The lowest BCUT2D eigenvalue weighted by atomic mass is 10.2. The number of hydrogen-bond donors (Lipinski definition) is 1. The third kappa shape index (κ3) is 1.58. The van der Waals surface area contributed by atoms with Gasteiger partial charge in [0.1, 0.15) is 17.5 Å². The molecule has 0 fully saturated rings. The van der Waals surface area contributed by atoms with E-state index < -0.39 is 0 Å². The van der Waals surface area contributed by atoms with E-state index in [4.69, 9.17) is 11.0 Å². The summed E-state index contributed by atoms with van der Waals surface area (Å²) in [5.74, 6) is 0.499. The minimum Gasteiger partial charge on any atom is -0.383 e. The maximum absolute atomic E-state index is 8.91. The van der Waals surface area contributed by atoms with Crippen LogP contribution in [0.3, 0.4) is 0 Å². The number of nitrogen functional groups attached to an aromatic ring is 1. The summed E-state index contributed by atoms with van der Waals surface area (Å²) < 4.78 is 1.75. The minimum absolute atomic E-state index is 0.252. The predicted molar refractivity (Wildman–Crippen MR) is 55.7 cm³/mol. The van der Waals surface area contributed by atoms with Gasteiger partial charge in [-0.1, -0.05) is 13.8 Å². The van der Waals surface area contributed by atoms with E-state index in [1.807, 2.05) is 13.8 Å². The number of nitrogens with two attached hydrogens (primary N) is 1. The lowest BCUT2D eigenvalue weighted by molar-refractivity contribution is 0.481. The first-order valence-corrected chi connectivity index (χ1v) is 4.92. The number of anilines is 1. The largest absolute Gasteiger partial charge is 0.383 e. The minimum atomic E-state index is 0.252. The van der Waals surface area contributed by atoms with E-state index in [2.05, 4.69) is 18.1 Å². The van der Waals surface area contributed by atoms with Gasteiger partial charge in [0.25, 0.3) is 0 Å². The Bertz CT molecular complexity index is 359. The maximum Gasteiger partial charge on any atom is 0.140 e. The molecule has 4 nitrogen and oxygen atoms in total. The molecule has 0 unspecified atom stereocenters. The summed E-state index contributed by atoms with van der Waals surface area (Å²) >= 11 is 0. The monoisotopic (exact) mass is 192 g/mol. The van der Waals surface area contributed by atoms with Crippen molar-refractivity contribution in [3.05, 3.63) is 11.3 Å². The summed E-state index contributed by atoms with van der Waals surface area (Å²) in [5.41, 5.74) is 7.18. The fourth-order valence-corrected chi connectivity index (χ4v) is 1.37. The Morgan fingerprint density at radius 2 is 2.21 bits per heavy atom. The van der Waals surface area contributed by atoms with Crippen LogP contribution in [0.4, 0.5) is 5.82 Å². The van der Waals surface area contributed by atoms with Crippen LogP contribution in [0.15, 0.2) is 0 Å². The summed E-state index contributed by atoms with van der Waals surface area (Å²) in [4.78, 5) is 0. The first-order valence-electron chi connectivity index (χ1n) is 4.92. The number of nitrogens with zero attached hydrogens (tertiary/aromatic N) is 3. The highest BCUT2D eigenvalue weighted by molar-refractivity contribution is 5.52. The third-order valence-corrected chi connectivity index (χ3v) is 2.48. The second kappa shape index (κ2) is 4.14. The van der Waals surface area contributed by atoms with Crippen LogP contribution in [0.2, 0.25) is 0 Å². The van der Waals surface area contributed by atoms with E-state index in [9.17, 15) is 0 Å². The van der Waals surface area contributed by atoms with Gasteiger partial charge in [-0.3, -0.25) is 0 Å². The molecule has 0 saturated heterocycles. The Labute approximate surface area is 84.3 Å². The molecule has 4 heteroatoms. The molecule has 0 amide bonds. The molecule has 0 bridgehead atoms. The van der Waals surface area contributed by atoms with Crippen molar-refractivity contribution in [3.8, 4) is 6.07 Å². The van der Waals surface area contributed by atoms with Crippen molar-refractivity contribution >= 4 is 5.82 Å². The Morgan fingerprint density at radius 3 is 2.57 bits per heavy atom. The number of aryl methyl sites for hydroxylation is 1. The van der Waals surface area contributed by atoms with Crippen molar-refractivity contribution in [1.29, 1.82) is 5.26 Å². The zero-order valence-electron chi connectivity index (χ0n) is 8.91. The molecule has 1 aromatic rings. The zero-order valence-corrected chi connectivity index (χ0v) is 8.91. The average molecular weight is 192 g/mol. The van der Waals surface area contributed by atoms with Crippen molar-refractivity contribution < 1.29 is 0 Å². The fraction of sp³-hybridized carbons (Fsp3) is 0.600. The zero-order chi connectivity index (χ0) is 10.7. The molecule has 0 saturated carbocycles. The van der Waals surface area contributed by atoms with E-state index in [0.29, 0.717) is 11.4 Å². The summed E-state index contributed by atoms with van der Waals surface area (Å²) in [5, 5.41) is 13.3. The van der Waals surface area contributed by atoms with Gasteiger partial charge in [-0.05, 0) is 19.8 Å². The second-order valence-electron chi connectivity index (χ2n) is 3.37. The third-order valence-electron chi connectivity index (χ3n) is 2.48. The number of rotatable bonds is 3. The van der Waals surface area contributed by atoms with Gasteiger partial charge in [0, 0.05) is 0 Å². The SMILES string of the molecule is CCc1nn([C@@H](C)CC)c(N)c1C#N. The van der Waals surface area contributed by atoms with Crippen molar-refractivity contribution in [3.63, 3.8) is 0 Å². The van der Waals surface area contributed by atoms with Crippen LogP contribution in [0.1, 0.15) is 44.5 Å². The fourth-order valence-electron chi connectivity index (χ4n) is 1.37. The quantitative estimate of drug-likeness (QED) is 0.794. The lowest BCUT2D eigenvalue weighted by Crippen LogP contribution is -2.09. The summed E-state index contributed by atoms with van der Waals surface area (Å²) in [6.45, 7) is 6.09. The first-order chi connectivity index (χ1) is 6.65. The number of aromatic nitrogens is 2. The van der Waals surface area contributed by atoms with E-state index in [1.54, 1.807) is 4.68 Å². The van der Waals surface area contributed by atoms with E-state index in [0.717, 1.165) is 18.5 Å². The average Bonchev–Trinajstić information content (AvgIpc) is 2.53. The van der Waals surface area contributed by atoms with Gasteiger partial charge in [-0.15, -0.1) is 0 Å². The molecule has 1 aromatic heterocycles. The second-order valence-corrected chi connectivity index (χ2v) is 3.37. The van der Waals surface area contributed by atoms with Gasteiger partial charge in [0.2, 0.25) is 0 Å². The molecule has 0 radical (unpaired) electrons. The van der Waals surface area contributed by atoms with Gasteiger partial charge >= 0.3 is 0 Å². The van der Waals surface area contributed by atoms with Crippen LogP contribution in [-0.4, -0.2) is 9.78 Å². The molecule has 0 spiro atoms. The molecule has 76 valence electrons. The normalized spacial score (nSPS) is 12.4. The molecule has 0 aliphatic heterocycles. The number of nitriles is 1. The van der Waals surface area contributed by atoms with E-state index >= 15 is 0 Å². The van der Waals surface area contributed by atoms with Crippen LogP contribution in [0.25, 0.3) is 0 Å². The highest BCUT2D eigenvalue weighted by Crippen LogP contribution is 2.21. The molecular weight excluding hydrogens is 176 g/mol. The molecule has 2 N–H and O–H groups in total. The standard InChI is InChI=1S/C10H16N4/c1-4-7(3)14-10(12)8(6-11)9(5-2)13-14/h7H,4-5,12H2,1-3H3/t7-/m0/s1. The van der Waals surface area contributed by atoms with Gasteiger partial charge in [0.05, 0.1) is 11.7 Å². The summed E-state index contributed by atoms with van der Waals surface area (Å²) in [7, 11) is 0. The molecular formula is C10H16N4.